The van der Waals surface area contributed by atoms with E-state index in [1.807, 2.05) is 0 Å². The van der Waals surface area contributed by atoms with Crippen molar-refractivity contribution in [3.05, 3.63) is 35.4 Å². The van der Waals surface area contributed by atoms with E-state index in [1.54, 1.807) is 6.07 Å². The fourth-order valence-corrected chi connectivity index (χ4v) is 2.79. The Kier molecular flexibility index (Phi) is 6.55. The summed E-state index contributed by atoms with van der Waals surface area (Å²) in [5.41, 5.74) is 0.356. The van der Waals surface area contributed by atoms with Gasteiger partial charge in [-0.05, 0) is 44.1 Å². The van der Waals surface area contributed by atoms with Crippen LogP contribution < -0.4 is 5.32 Å². The van der Waals surface area contributed by atoms with Gasteiger partial charge in [-0.1, -0.05) is 18.9 Å². The van der Waals surface area contributed by atoms with Crippen LogP contribution in [0.25, 0.3) is 0 Å². The second-order valence-corrected chi connectivity index (χ2v) is 5.96. The number of likely N-dealkylation sites (tertiary alicyclic amines) is 1. The lowest BCUT2D eigenvalue weighted by atomic mass is 10.1. The first-order valence-corrected chi connectivity index (χ1v) is 8.08. The van der Waals surface area contributed by atoms with Crippen LogP contribution >= 0.6 is 0 Å². The van der Waals surface area contributed by atoms with Gasteiger partial charge in [0.1, 0.15) is 0 Å². The highest BCUT2D eigenvalue weighted by Gasteiger charge is 2.15. The lowest BCUT2D eigenvalue weighted by Crippen LogP contribution is -2.40. The third-order valence-electron chi connectivity index (χ3n) is 4.04. The quantitative estimate of drug-likeness (QED) is 0.736. The Morgan fingerprint density at radius 3 is 2.43 bits per heavy atom. The average molecular weight is 320 g/mol. The van der Waals surface area contributed by atoms with Crippen LogP contribution in [0, 0.1) is 0 Å². The number of amides is 1. The molecule has 0 bridgehead atoms. The van der Waals surface area contributed by atoms with Crippen LogP contribution in [-0.4, -0.2) is 59.3 Å². The zero-order valence-electron chi connectivity index (χ0n) is 13.2. The summed E-state index contributed by atoms with van der Waals surface area (Å²) < 4.78 is 0. The first-order valence-electron chi connectivity index (χ1n) is 8.08. The summed E-state index contributed by atoms with van der Waals surface area (Å²) in [6.07, 6.45) is 4.16. The van der Waals surface area contributed by atoms with E-state index in [1.165, 1.54) is 31.0 Å². The lowest BCUT2D eigenvalue weighted by Gasteiger charge is -2.23. The van der Waals surface area contributed by atoms with Gasteiger partial charge in [0.25, 0.3) is 5.91 Å². The normalized spacial score (nSPS) is 17.3. The molecule has 1 fully saturated rings. The minimum Gasteiger partial charge on any atom is -0.478 e. The molecule has 1 aromatic rings. The van der Waals surface area contributed by atoms with Crippen molar-refractivity contribution >= 4 is 11.9 Å². The monoisotopic (exact) mass is 320 g/mol. The molecule has 1 amide bonds. The Labute approximate surface area is 136 Å². The zero-order valence-corrected chi connectivity index (χ0v) is 13.2. The molecule has 1 atom stereocenters. The second-order valence-electron chi connectivity index (χ2n) is 5.96. The van der Waals surface area contributed by atoms with Gasteiger partial charge >= 0.3 is 5.97 Å². The number of benzene rings is 1. The van der Waals surface area contributed by atoms with E-state index < -0.39 is 12.1 Å². The summed E-state index contributed by atoms with van der Waals surface area (Å²) in [5, 5.41) is 21.7. The molecule has 0 aliphatic carbocycles. The van der Waals surface area contributed by atoms with E-state index in [-0.39, 0.29) is 23.6 Å². The highest BCUT2D eigenvalue weighted by Crippen LogP contribution is 2.10. The molecule has 23 heavy (non-hydrogen) atoms. The molecule has 6 nitrogen and oxygen atoms in total. The summed E-state index contributed by atoms with van der Waals surface area (Å²) in [4.78, 5) is 25.2. The van der Waals surface area contributed by atoms with Crippen molar-refractivity contribution in [1.82, 2.24) is 10.2 Å². The maximum Gasteiger partial charge on any atom is 0.335 e. The number of carboxylic acids is 1. The Balaban J connectivity index is 1.81. The smallest absolute Gasteiger partial charge is 0.335 e. The minimum absolute atomic E-state index is 0.0720. The van der Waals surface area contributed by atoms with Crippen LogP contribution in [0.4, 0.5) is 0 Å². The number of hydrogen-bond acceptors (Lipinski definition) is 4. The number of nitrogens with one attached hydrogen (secondary N) is 1. The third-order valence-corrected chi connectivity index (χ3v) is 4.04. The number of carbonyl (C=O) groups excluding carboxylic acids is 1. The van der Waals surface area contributed by atoms with Gasteiger partial charge < -0.3 is 20.4 Å². The van der Waals surface area contributed by atoms with Gasteiger partial charge in [-0.25, -0.2) is 4.79 Å². The molecule has 1 aliphatic heterocycles. The van der Waals surface area contributed by atoms with Crippen molar-refractivity contribution in [2.75, 3.05) is 26.2 Å². The maximum atomic E-state index is 12.0. The number of carboxylic acid groups (broad SMARTS) is 1. The summed E-state index contributed by atoms with van der Waals surface area (Å²) in [5.74, 6) is -1.44. The number of aliphatic hydroxyl groups is 1. The standard InChI is InChI=1S/C17H24N2O4/c20-15(12-19-8-3-1-2-4-9-19)11-18-16(21)13-6-5-7-14(10-13)17(22)23/h5-7,10,15,20H,1-4,8-9,11-12H2,(H,18,21)(H,22,23)/t15-/m1/s1. The van der Waals surface area contributed by atoms with E-state index in [0.717, 1.165) is 25.9 Å². The van der Waals surface area contributed by atoms with Crippen LogP contribution in [0.15, 0.2) is 24.3 Å². The third kappa shape index (κ3) is 5.65. The Morgan fingerprint density at radius 2 is 1.78 bits per heavy atom. The van der Waals surface area contributed by atoms with E-state index in [0.29, 0.717) is 6.54 Å². The Hall–Kier alpha value is -1.92. The molecule has 1 saturated heterocycles. The predicted octanol–water partition coefficient (Wildman–Crippen LogP) is 1.35. The summed E-state index contributed by atoms with van der Waals surface area (Å²) >= 11 is 0. The van der Waals surface area contributed by atoms with E-state index in [9.17, 15) is 14.7 Å². The molecular formula is C17H24N2O4. The van der Waals surface area contributed by atoms with Crippen LogP contribution in [0.5, 0.6) is 0 Å². The Morgan fingerprint density at radius 1 is 1.13 bits per heavy atom. The van der Waals surface area contributed by atoms with E-state index in [4.69, 9.17) is 5.11 Å². The fraction of sp³-hybridized carbons (Fsp3) is 0.529. The van der Waals surface area contributed by atoms with Gasteiger partial charge in [-0.15, -0.1) is 0 Å². The molecule has 126 valence electrons. The van der Waals surface area contributed by atoms with Crippen LogP contribution in [0.3, 0.4) is 0 Å². The van der Waals surface area contributed by atoms with Crippen LogP contribution in [0.2, 0.25) is 0 Å². The molecule has 2 rings (SSSR count). The minimum atomic E-state index is -1.07. The van der Waals surface area contributed by atoms with Crippen molar-refractivity contribution in [2.45, 2.75) is 31.8 Å². The molecule has 0 radical (unpaired) electrons. The number of aromatic carboxylic acids is 1. The zero-order chi connectivity index (χ0) is 16.7. The summed E-state index contributed by atoms with van der Waals surface area (Å²) in [6, 6.07) is 5.86. The van der Waals surface area contributed by atoms with E-state index in [2.05, 4.69) is 10.2 Å². The average Bonchev–Trinajstić information content (AvgIpc) is 2.81. The SMILES string of the molecule is O=C(O)c1cccc(C(=O)NC[C@@H](O)CN2CCCCCC2)c1. The van der Waals surface area contributed by atoms with Gasteiger partial charge in [0.15, 0.2) is 0 Å². The number of rotatable bonds is 6. The van der Waals surface area contributed by atoms with Crippen LogP contribution in [0.1, 0.15) is 46.4 Å². The summed E-state index contributed by atoms with van der Waals surface area (Å²) in [7, 11) is 0. The predicted molar refractivity (Wildman–Crippen MR) is 86.6 cm³/mol. The fourth-order valence-electron chi connectivity index (χ4n) is 2.79. The number of carbonyl (C=O) groups is 2. The molecule has 1 heterocycles. The van der Waals surface area contributed by atoms with Crippen molar-refractivity contribution in [3.63, 3.8) is 0 Å². The molecular weight excluding hydrogens is 296 g/mol. The van der Waals surface area contributed by atoms with E-state index >= 15 is 0 Å². The molecule has 0 aromatic heterocycles. The molecule has 1 aliphatic rings. The number of β-amino-alcohol motifs (C(OH)–C–C–N with tert-alkyl or cyclic N) is 1. The first-order chi connectivity index (χ1) is 11.1. The van der Waals surface area contributed by atoms with Gasteiger partial charge in [-0.3, -0.25) is 4.79 Å². The van der Waals surface area contributed by atoms with Crippen molar-refractivity contribution < 1.29 is 19.8 Å². The van der Waals surface area contributed by atoms with Gasteiger partial charge in [0.2, 0.25) is 0 Å². The van der Waals surface area contributed by atoms with Crippen molar-refractivity contribution in [1.29, 1.82) is 0 Å². The molecule has 0 spiro atoms. The molecule has 6 heteroatoms. The highest BCUT2D eigenvalue weighted by atomic mass is 16.4. The highest BCUT2D eigenvalue weighted by molar-refractivity contribution is 5.97. The maximum absolute atomic E-state index is 12.0. The number of aliphatic hydroxyl groups excluding tert-OH is 1. The lowest BCUT2D eigenvalue weighted by molar-refractivity contribution is 0.0697. The second kappa shape index (κ2) is 8.64. The van der Waals surface area contributed by atoms with Gasteiger partial charge in [-0.2, -0.15) is 0 Å². The number of hydrogen-bond donors (Lipinski definition) is 3. The van der Waals surface area contributed by atoms with Crippen molar-refractivity contribution in [2.24, 2.45) is 0 Å². The van der Waals surface area contributed by atoms with Crippen LogP contribution in [-0.2, 0) is 0 Å². The molecule has 0 unspecified atom stereocenters. The first kappa shape index (κ1) is 17.4. The topological polar surface area (TPSA) is 89.9 Å². The number of nitrogens with zero attached hydrogens (tertiary/aromatic N) is 1. The largest absolute Gasteiger partial charge is 0.478 e. The van der Waals surface area contributed by atoms with Gasteiger partial charge in [0.05, 0.1) is 11.7 Å². The summed E-state index contributed by atoms with van der Waals surface area (Å²) in [6.45, 7) is 2.69. The Bertz CT molecular complexity index is 539. The van der Waals surface area contributed by atoms with Gasteiger partial charge in [0, 0.05) is 18.7 Å². The molecule has 3 N–H and O–H groups in total. The molecule has 0 saturated carbocycles. The molecule has 1 aromatic carbocycles. The van der Waals surface area contributed by atoms with Crippen molar-refractivity contribution in [3.8, 4) is 0 Å².